The minimum absolute atomic E-state index is 0.0400. The van der Waals surface area contributed by atoms with Crippen LogP contribution in [0, 0.1) is 12.8 Å². The van der Waals surface area contributed by atoms with Gasteiger partial charge in [-0.05, 0) is 50.7 Å². The molecule has 158 valence electrons. The number of sulfonamides is 2. The Morgan fingerprint density at radius 2 is 1.89 bits per heavy atom. The highest BCUT2D eigenvalue weighted by molar-refractivity contribution is 7.94. The summed E-state index contributed by atoms with van der Waals surface area (Å²) >= 11 is 0. The minimum Gasteiger partial charge on any atom is -0.300 e. The fraction of sp³-hybridized carbons (Fsp3) is 0.611. The van der Waals surface area contributed by atoms with E-state index in [0.29, 0.717) is 5.56 Å². The second kappa shape index (κ2) is 8.48. The molecule has 1 amide bonds. The van der Waals surface area contributed by atoms with Crippen LogP contribution in [0.4, 0.5) is 5.69 Å². The van der Waals surface area contributed by atoms with Crippen molar-refractivity contribution >= 4 is 31.6 Å². The summed E-state index contributed by atoms with van der Waals surface area (Å²) < 4.78 is 53.3. The van der Waals surface area contributed by atoms with Crippen LogP contribution in [-0.4, -0.2) is 59.1 Å². The molecule has 1 aliphatic rings. The van der Waals surface area contributed by atoms with Crippen molar-refractivity contribution in [3.8, 4) is 0 Å². The van der Waals surface area contributed by atoms with Crippen molar-refractivity contribution in [1.29, 1.82) is 0 Å². The van der Waals surface area contributed by atoms with Crippen molar-refractivity contribution in [3.05, 3.63) is 23.8 Å². The molecule has 0 spiro atoms. The lowest BCUT2D eigenvalue weighted by Gasteiger charge is -2.26. The van der Waals surface area contributed by atoms with Crippen LogP contribution >= 0.6 is 0 Å². The number of hydrogen-bond acceptors (Lipinski definition) is 6. The van der Waals surface area contributed by atoms with Gasteiger partial charge >= 0.3 is 0 Å². The van der Waals surface area contributed by atoms with Gasteiger partial charge in [0.2, 0.25) is 26.0 Å². The van der Waals surface area contributed by atoms with Gasteiger partial charge in [-0.1, -0.05) is 20.8 Å². The molecule has 0 aromatic heterocycles. The third kappa shape index (κ3) is 4.56. The number of carbonyl (C=O) groups excluding carboxylic acids is 1. The maximum absolute atomic E-state index is 12.7. The topological polar surface area (TPSA) is 104 Å². The minimum atomic E-state index is -3.76. The molecule has 1 aromatic rings. The number of nitrogens with one attached hydrogen (secondary N) is 1. The van der Waals surface area contributed by atoms with Crippen LogP contribution in [0.1, 0.15) is 33.3 Å². The van der Waals surface area contributed by atoms with Gasteiger partial charge in [0.1, 0.15) is 0 Å². The van der Waals surface area contributed by atoms with Crippen LogP contribution in [0.5, 0.6) is 0 Å². The van der Waals surface area contributed by atoms with E-state index in [1.165, 1.54) is 18.2 Å². The van der Waals surface area contributed by atoms with Crippen molar-refractivity contribution in [2.75, 3.05) is 29.7 Å². The lowest BCUT2D eigenvalue weighted by atomic mass is 10.2. The van der Waals surface area contributed by atoms with E-state index in [9.17, 15) is 21.6 Å². The summed E-state index contributed by atoms with van der Waals surface area (Å²) in [5.74, 6) is -1.35. The number of carbonyl (C=O) groups is 1. The number of rotatable bonds is 8. The van der Waals surface area contributed by atoms with Crippen LogP contribution < -0.4 is 9.03 Å². The van der Waals surface area contributed by atoms with Crippen molar-refractivity contribution in [1.82, 2.24) is 9.62 Å². The first-order chi connectivity index (χ1) is 12.9. The van der Waals surface area contributed by atoms with E-state index >= 15 is 0 Å². The summed E-state index contributed by atoms with van der Waals surface area (Å²) in [5, 5.41) is 0. The van der Waals surface area contributed by atoms with Gasteiger partial charge in [-0.25, -0.2) is 25.9 Å². The number of amides is 1. The molecule has 1 fully saturated rings. The Bertz CT molecular complexity index is 940. The second-order valence-corrected chi connectivity index (χ2v) is 10.8. The smallest absolute Gasteiger partial charge is 0.244 e. The predicted molar refractivity (Wildman–Crippen MR) is 109 cm³/mol. The molecule has 1 heterocycles. The predicted octanol–water partition coefficient (Wildman–Crippen LogP) is 1.32. The summed E-state index contributed by atoms with van der Waals surface area (Å²) in [6.45, 7) is 11.1. The maximum Gasteiger partial charge on any atom is 0.244 e. The van der Waals surface area contributed by atoms with Crippen LogP contribution in [0.2, 0.25) is 0 Å². The van der Waals surface area contributed by atoms with Crippen molar-refractivity contribution in [2.45, 2.75) is 45.6 Å². The van der Waals surface area contributed by atoms with Crippen LogP contribution in [0.15, 0.2) is 23.1 Å². The zero-order valence-corrected chi connectivity index (χ0v) is 18.6. The van der Waals surface area contributed by atoms with E-state index in [4.69, 9.17) is 0 Å². The van der Waals surface area contributed by atoms with E-state index in [1.807, 2.05) is 20.8 Å². The summed E-state index contributed by atoms with van der Waals surface area (Å²) in [4.78, 5) is 14.4. The molecule has 1 saturated heterocycles. The summed E-state index contributed by atoms with van der Waals surface area (Å²) in [7, 11) is -7.49. The van der Waals surface area contributed by atoms with E-state index in [0.717, 1.165) is 17.4 Å². The Hall–Kier alpha value is -1.49. The average Bonchev–Trinajstić information content (AvgIpc) is 2.81. The molecule has 0 bridgehead atoms. The first-order valence-corrected chi connectivity index (χ1v) is 12.4. The Morgan fingerprint density at radius 3 is 2.36 bits per heavy atom. The van der Waals surface area contributed by atoms with E-state index < -0.39 is 31.9 Å². The van der Waals surface area contributed by atoms with Gasteiger partial charge in [0.25, 0.3) is 0 Å². The van der Waals surface area contributed by atoms with Gasteiger partial charge in [0, 0.05) is 12.6 Å². The van der Waals surface area contributed by atoms with Gasteiger partial charge < -0.3 is 0 Å². The summed E-state index contributed by atoms with van der Waals surface area (Å²) in [6, 6.07) is 4.18. The molecule has 8 nitrogen and oxygen atoms in total. The molecule has 0 radical (unpaired) electrons. The standard InChI is InChI=1S/C18H29N3O5S2/c1-6-20(7-2)15(5)11-19-28(25,26)17-9-8-16(10-13(17)3)21-18(22)14(4)12-27(21,23)24/h8-10,14-15,19H,6-7,11-12H2,1-5H3. The molecule has 10 heteroatoms. The second-order valence-electron chi connectivity index (χ2n) is 7.15. The third-order valence-corrected chi connectivity index (χ3v) is 8.50. The maximum atomic E-state index is 12.7. The first kappa shape index (κ1) is 22.8. The van der Waals surface area contributed by atoms with Crippen LogP contribution in [0.3, 0.4) is 0 Å². The lowest BCUT2D eigenvalue weighted by molar-refractivity contribution is -0.119. The monoisotopic (exact) mass is 431 g/mol. The fourth-order valence-corrected chi connectivity index (χ4v) is 6.59. The van der Waals surface area contributed by atoms with Crippen molar-refractivity contribution in [2.24, 2.45) is 5.92 Å². The number of hydrogen-bond donors (Lipinski definition) is 1. The molecule has 2 rings (SSSR count). The van der Waals surface area contributed by atoms with Gasteiger partial charge in [0.05, 0.1) is 22.3 Å². The average molecular weight is 432 g/mol. The molecular formula is C18H29N3O5S2. The Morgan fingerprint density at radius 1 is 1.29 bits per heavy atom. The highest BCUT2D eigenvalue weighted by Crippen LogP contribution is 2.30. The number of nitrogens with zero attached hydrogens (tertiary/aromatic N) is 2. The highest BCUT2D eigenvalue weighted by atomic mass is 32.2. The zero-order chi connectivity index (χ0) is 21.3. The van der Waals surface area contributed by atoms with E-state index in [-0.39, 0.29) is 28.9 Å². The fourth-order valence-electron chi connectivity index (χ4n) is 3.43. The molecule has 28 heavy (non-hydrogen) atoms. The van der Waals surface area contributed by atoms with Crippen molar-refractivity contribution in [3.63, 3.8) is 0 Å². The summed E-state index contributed by atoms with van der Waals surface area (Å²) in [6.07, 6.45) is 0. The van der Waals surface area contributed by atoms with E-state index in [2.05, 4.69) is 9.62 Å². The Kier molecular flexibility index (Phi) is 6.90. The Labute approximate surface area is 168 Å². The highest BCUT2D eigenvalue weighted by Gasteiger charge is 2.42. The van der Waals surface area contributed by atoms with E-state index in [1.54, 1.807) is 13.8 Å². The molecule has 1 aliphatic heterocycles. The Balaban J connectivity index is 2.25. The third-order valence-electron chi connectivity index (χ3n) is 5.05. The van der Waals surface area contributed by atoms with Crippen LogP contribution in [0.25, 0.3) is 0 Å². The van der Waals surface area contributed by atoms with Gasteiger partial charge in [0.15, 0.2) is 0 Å². The van der Waals surface area contributed by atoms with Gasteiger partial charge in [-0.3, -0.25) is 9.69 Å². The summed E-state index contributed by atoms with van der Waals surface area (Å²) in [5.41, 5.74) is 0.547. The normalized spacial score (nSPS) is 20.7. The quantitative estimate of drug-likeness (QED) is 0.666. The number of likely N-dealkylation sites (N-methyl/N-ethyl adjacent to an activating group) is 1. The lowest BCUT2D eigenvalue weighted by Crippen LogP contribution is -2.42. The molecule has 2 atom stereocenters. The molecular weight excluding hydrogens is 402 g/mol. The van der Waals surface area contributed by atoms with Gasteiger partial charge in [-0.15, -0.1) is 0 Å². The zero-order valence-electron chi connectivity index (χ0n) is 17.0. The molecule has 0 aliphatic carbocycles. The number of aryl methyl sites for hydroxylation is 1. The molecule has 1 N–H and O–H groups in total. The van der Waals surface area contributed by atoms with Crippen molar-refractivity contribution < 1.29 is 21.6 Å². The molecule has 0 saturated carbocycles. The van der Waals surface area contributed by atoms with Crippen LogP contribution in [-0.2, 0) is 24.8 Å². The first-order valence-electron chi connectivity index (χ1n) is 9.35. The SMILES string of the molecule is CCN(CC)C(C)CNS(=O)(=O)c1ccc(N2C(=O)C(C)CS2(=O)=O)cc1C. The number of anilines is 1. The molecule has 1 aromatic carbocycles. The largest absolute Gasteiger partial charge is 0.300 e. The number of benzene rings is 1. The molecule has 2 unspecified atom stereocenters. The van der Waals surface area contributed by atoms with Gasteiger partial charge in [-0.2, -0.15) is 0 Å².